The summed E-state index contributed by atoms with van der Waals surface area (Å²) in [6, 6.07) is 0.314. The van der Waals surface area contributed by atoms with Gasteiger partial charge in [-0.25, -0.2) is 4.79 Å². The van der Waals surface area contributed by atoms with E-state index in [9.17, 15) is 4.79 Å². The van der Waals surface area contributed by atoms with Crippen molar-refractivity contribution < 1.29 is 14.6 Å². The fraction of sp³-hybridized carbons (Fsp3) is 0.727. The molecule has 4 nitrogen and oxygen atoms in total. The molecule has 1 aliphatic carbocycles. The van der Waals surface area contributed by atoms with Gasteiger partial charge in [-0.2, -0.15) is 0 Å². The predicted molar refractivity (Wildman–Crippen MR) is 57.6 cm³/mol. The van der Waals surface area contributed by atoms with Gasteiger partial charge in [-0.15, -0.1) is 0 Å². The van der Waals surface area contributed by atoms with Gasteiger partial charge in [0.2, 0.25) is 0 Å². The second kappa shape index (κ2) is 6.45. The van der Waals surface area contributed by atoms with Crippen molar-refractivity contribution in [1.29, 1.82) is 0 Å². The maximum atomic E-state index is 11.6. The zero-order valence-corrected chi connectivity index (χ0v) is 9.02. The number of ether oxygens (including phenoxy) is 1. The summed E-state index contributed by atoms with van der Waals surface area (Å²) in [5.41, 5.74) is 0. The molecule has 0 saturated heterocycles. The lowest BCUT2D eigenvalue weighted by molar-refractivity contribution is 0.0705. The molecular formula is C11H19NO3. The molecule has 0 spiro atoms. The van der Waals surface area contributed by atoms with Crippen molar-refractivity contribution in [3.63, 3.8) is 0 Å². The average molecular weight is 213 g/mol. The zero-order chi connectivity index (χ0) is 11.1. The molecule has 0 unspecified atom stereocenters. The summed E-state index contributed by atoms with van der Waals surface area (Å²) in [5, 5.41) is 8.75. The highest BCUT2D eigenvalue weighted by molar-refractivity contribution is 5.68. The van der Waals surface area contributed by atoms with Crippen molar-refractivity contribution in [3.05, 3.63) is 12.7 Å². The Morgan fingerprint density at radius 2 is 2.33 bits per heavy atom. The van der Waals surface area contributed by atoms with Gasteiger partial charge in [0.05, 0.1) is 0 Å². The summed E-state index contributed by atoms with van der Waals surface area (Å²) in [4.78, 5) is 13.3. The fourth-order valence-corrected chi connectivity index (χ4v) is 1.58. The van der Waals surface area contributed by atoms with Crippen LogP contribution in [0.5, 0.6) is 0 Å². The van der Waals surface area contributed by atoms with E-state index in [0.717, 1.165) is 12.8 Å². The van der Waals surface area contributed by atoms with E-state index in [1.807, 2.05) is 0 Å². The second-order valence-corrected chi connectivity index (χ2v) is 3.72. The minimum absolute atomic E-state index is 0.109. The Morgan fingerprint density at radius 3 is 2.80 bits per heavy atom. The van der Waals surface area contributed by atoms with E-state index in [1.54, 1.807) is 11.0 Å². The summed E-state index contributed by atoms with van der Waals surface area (Å²) in [5.74, 6) is 0. The number of hydrogen-bond acceptors (Lipinski definition) is 3. The molecule has 0 aromatic rings. The van der Waals surface area contributed by atoms with Crippen molar-refractivity contribution in [1.82, 2.24) is 4.90 Å². The molecule has 0 aliphatic heterocycles. The molecule has 1 fully saturated rings. The van der Waals surface area contributed by atoms with Crippen molar-refractivity contribution >= 4 is 6.09 Å². The summed E-state index contributed by atoms with van der Waals surface area (Å²) in [6.45, 7) is 4.44. The lowest BCUT2D eigenvalue weighted by atomic mass is 9.91. The summed E-state index contributed by atoms with van der Waals surface area (Å²) in [7, 11) is 0. The molecule has 1 aliphatic rings. The minimum Gasteiger partial charge on any atom is -0.445 e. The Hall–Kier alpha value is -1.03. The van der Waals surface area contributed by atoms with Gasteiger partial charge < -0.3 is 14.7 Å². The second-order valence-electron chi connectivity index (χ2n) is 3.72. The number of nitrogens with zero attached hydrogens (tertiary/aromatic N) is 1. The van der Waals surface area contributed by atoms with Gasteiger partial charge in [0, 0.05) is 19.2 Å². The predicted octanol–water partition coefficient (Wildman–Crippen LogP) is 1.55. The van der Waals surface area contributed by atoms with Crippen molar-refractivity contribution in [2.24, 2.45) is 0 Å². The smallest absolute Gasteiger partial charge is 0.410 e. The van der Waals surface area contributed by atoms with E-state index in [1.165, 1.54) is 6.42 Å². The highest BCUT2D eigenvalue weighted by Gasteiger charge is 2.29. The first-order valence-electron chi connectivity index (χ1n) is 5.44. The van der Waals surface area contributed by atoms with Gasteiger partial charge in [0.1, 0.15) is 6.61 Å². The molecule has 0 bridgehead atoms. The van der Waals surface area contributed by atoms with Crippen LogP contribution in [0.4, 0.5) is 4.79 Å². The number of hydrogen-bond donors (Lipinski definition) is 1. The van der Waals surface area contributed by atoms with Crippen LogP contribution < -0.4 is 0 Å². The Bertz CT molecular complexity index is 214. The number of carbonyl (C=O) groups is 1. The van der Waals surface area contributed by atoms with Crippen LogP contribution in [0, 0.1) is 0 Å². The highest BCUT2D eigenvalue weighted by atomic mass is 16.6. The van der Waals surface area contributed by atoms with E-state index >= 15 is 0 Å². The van der Waals surface area contributed by atoms with Crippen LogP contribution in [0.15, 0.2) is 12.7 Å². The molecule has 86 valence electrons. The van der Waals surface area contributed by atoms with Crippen molar-refractivity contribution in [2.75, 3.05) is 19.8 Å². The molecule has 0 atom stereocenters. The molecule has 1 amide bonds. The molecule has 1 rings (SSSR count). The van der Waals surface area contributed by atoms with Gasteiger partial charge in [0.15, 0.2) is 0 Å². The lowest BCUT2D eigenvalue weighted by Gasteiger charge is -2.36. The van der Waals surface area contributed by atoms with Crippen LogP contribution in [-0.4, -0.2) is 41.9 Å². The first-order valence-corrected chi connectivity index (χ1v) is 5.44. The quantitative estimate of drug-likeness (QED) is 0.681. The Morgan fingerprint density at radius 1 is 1.60 bits per heavy atom. The first-order chi connectivity index (χ1) is 7.29. The zero-order valence-electron chi connectivity index (χ0n) is 9.02. The Labute approximate surface area is 90.5 Å². The van der Waals surface area contributed by atoms with E-state index in [4.69, 9.17) is 9.84 Å². The van der Waals surface area contributed by atoms with E-state index in [2.05, 4.69) is 6.58 Å². The summed E-state index contributed by atoms with van der Waals surface area (Å²) >= 11 is 0. The average Bonchev–Trinajstić information content (AvgIpc) is 2.17. The van der Waals surface area contributed by atoms with Crippen LogP contribution in [0.3, 0.4) is 0 Å². The molecule has 4 heteroatoms. The SMILES string of the molecule is C=CCOC(=O)N(CCCO)C1CCC1. The lowest BCUT2D eigenvalue weighted by Crippen LogP contribution is -2.45. The molecule has 0 aromatic carbocycles. The van der Waals surface area contributed by atoms with Crippen LogP contribution in [-0.2, 0) is 4.74 Å². The normalized spacial score (nSPS) is 15.5. The van der Waals surface area contributed by atoms with Crippen LogP contribution >= 0.6 is 0 Å². The highest BCUT2D eigenvalue weighted by Crippen LogP contribution is 2.25. The molecule has 0 heterocycles. The third-order valence-corrected chi connectivity index (χ3v) is 2.63. The van der Waals surface area contributed by atoms with Crippen LogP contribution in [0.25, 0.3) is 0 Å². The molecule has 15 heavy (non-hydrogen) atoms. The van der Waals surface area contributed by atoms with Gasteiger partial charge in [-0.3, -0.25) is 0 Å². The maximum absolute atomic E-state index is 11.6. The number of carbonyl (C=O) groups excluding carboxylic acids is 1. The van der Waals surface area contributed by atoms with Crippen molar-refractivity contribution in [3.8, 4) is 0 Å². The van der Waals surface area contributed by atoms with Gasteiger partial charge >= 0.3 is 6.09 Å². The van der Waals surface area contributed by atoms with Crippen LogP contribution in [0.1, 0.15) is 25.7 Å². The number of amides is 1. The van der Waals surface area contributed by atoms with Crippen molar-refractivity contribution in [2.45, 2.75) is 31.7 Å². The Kier molecular flexibility index (Phi) is 5.18. The van der Waals surface area contributed by atoms with Crippen LogP contribution in [0.2, 0.25) is 0 Å². The molecule has 1 N–H and O–H groups in total. The largest absolute Gasteiger partial charge is 0.445 e. The van der Waals surface area contributed by atoms with E-state index in [0.29, 0.717) is 19.0 Å². The van der Waals surface area contributed by atoms with Gasteiger partial charge in [-0.05, 0) is 25.7 Å². The molecule has 1 saturated carbocycles. The first kappa shape index (κ1) is 12.0. The standard InChI is InChI=1S/C11H19NO3/c1-2-9-15-11(14)12(7-4-8-13)10-5-3-6-10/h2,10,13H,1,3-9H2. The molecular weight excluding hydrogens is 194 g/mol. The van der Waals surface area contributed by atoms with Gasteiger partial charge in [0.25, 0.3) is 0 Å². The van der Waals surface area contributed by atoms with Gasteiger partial charge in [-0.1, -0.05) is 12.7 Å². The number of rotatable bonds is 6. The fourth-order valence-electron chi connectivity index (χ4n) is 1.58. The number of aliphatic hydroxyl groups is 1. The topological polar surface area (TPSA) is 49.8 Å². The van der Waals surface area contributed by atoms with E-state index < -0.39 is 0 Å². The summed E-state index contributed by atoms with van der Waals surface area (Å²) in [6.07, 6.45) is 5.16. The minimum atomic E-state index is -0.284. The third kappa shape index (κ3) is 3.55. The van der Waals surface area contributed by atoms with E-state index in [-0.39, 0.29) is 19.3 Å². The maximum Gasteiger partial charge on any atom is 0.410 e. The number of aliphatic hydroxyl groups excluding tert-OH is 1. The molecule has 0 aromatic heterocycles. The monoisotopic (exact) mass is 213 g/mol. The summed E-state index contributed by atoms with van der Waals surface area (Å²) < 4.78 is 4.99. The molecule has 0 radical (unpaired) electrons. The Balaban J connectivity index is 2.38. The third-order valence-electron chi connectivity index (χ3n) is 2.63.